The van der Waals surface area contributed by atoms with Crippen molar-refractivity contribution >= 4 is 11.6 Å². The van der Waals surface area contributed by atoms with Gasteiger partial charge in [-0.25, -0.2) is 0 Å². The minimum Gasteiger partial charge on any atom is -0.457 e. The molecule has 0 aromatic heterocycles. The largest absolute Gasteiger partial charge is 0.457 e. The lowest BCUT2D eigenvalue weighted by Crippen LogP contribution is -2.11. The molecule has 2 rings (SSSR count). The first-order valence-corrected chi connectivity index (χ1v) is 6.91. The summed E-state index contributed by atoms with van der Waals surface area (Å²) in [6.07, 6.45) is 0.854. The van der Waals surface area contributed by atoms with Crippen LogP contribution < -0.4 is 10.1 Å². The zero-order valence-electron chi connectivity index (χ0n) is 12.0. The highest BCUT2D eigenvalue weighted by Crippen LogP contribution is 2.22. The van der Waals surface area contributed by atoms with Crippen molar-refractivity contribution in [1.82, 2.24) is 0 Å². The summed E-state index contributed by atoms with van der Waals surface area (Å²) >= 11 is 0. The van der Waals surface area contributed by atoms with Crippen LogP contribution in [0.5, 0.6) is 11.5 Å². The van der Waals surface area contributed by atoms with E-state index in [1.165, 1.54) is 0 Å². The summed E-state index contributed by atoms with van der Waals surface area (Å²) in [6.45, 7) is 0.327. The van der Waals surface area contributed by atoms with Gasteiger partial charge in [0.2, 0.25) is 5.91 Å². The molecule has 0 heterocycles. The summed E-state index contributed by atoms with van der Waals surface area (Å²) in [5.74, 6) is 1.36. The van der Waals surface area contributed by atoms with Crippen LogP contribution in [-0.4, -0.2) is 12.5 Å². The average molecular weight is 296 g/mol. The second kappa shape index (κ2) is 8.34. The molecule has 112 valence electrons. The van der Waals surface area contributed by atoms with E-state index in [0.717, 1.165) is 5.75 Å². The van der Waals surface area contributed by atoms with Gasteiger partial charge in [-0.15, -0.1) is 0 Å². The number of hydrogen-bond donors (Lipinski definition) is 1. The van der Waals surface area contributed by atoms with Crippen molar-refractivity contribution in [2.75, 3.05) is 11.9 Å². The van der Waals surface area contributed by atoms with Crippen LogP contribution in [0, 0.1) is 0 Å². The molecule has 0 aliphatic rings. The van der Waals surface area contributed by atoms with E-state index in [0.29, 0.717) is 30.8 Å². The minimum atomic E-state index is -0.107. The normalized spacial score (nSPS) is 9.64. The second-order valence-electron chi connectivity index (χ2n) is 4.55. The first-order chi connectivity index (χ1) is 10.8. The molecule has 2 aromatic rings. The van der Waals surface area contributed by atoms with E-state index in [-0.39, 0.29) is 5.91 Å². The molecule has 0 bridgehead atoms. The van der Waals surface area contributed by atoms with Gasteiger partial charge in [0.25, 0.3) is 0 Å². The zero-order valence-corrected chi connectivity index (χ0v) is 12.0. The Bertz CT molecular complexity index is 650. The highest BCUT2D eigenvalue weighted by molar-refractivity contribution is 5.90. The van der Waals surface area contributed by atoms with Crippen LogP contribution in [0.1, 0.15) is 12.8 Å². The van der Waals surface area contributed by atoms with Gasteiger partial charge in [0.05, 0.1) is 0 Å². The van der Waals surface area contributed by atoms with E-state index in [4.69, 9.17) is 10.3 Å². The number of nitrogens with one attached hydrogen (secondary N) is 1. The third-order valence-electron chi connectivity index (χ3n) is 2.84. The van der Waals surface area contributed by atoms with Crippen molar-refractivity contribution in [3.05, 3.63) is 65.0 Å². The smallest absolute Gasteiger partial charge is 0.224 e. The first kappa shape index (κ1) is 15.4. The highest BCUT2D eigenvalue weighted by Gasteiger charge is 2.02. The summed E-state index contributed by atoms with van der Waals surface area (Å²) in [4.78, 5) is 14.3. The Balaban J connectivity index is 1.84. The minimum absolute atomic E-state index is 0.107. The number of benzene rings is 2. The third-order valence-corrected chi connectivity index (χ3v) is 2.84. The Morgan fingerprint density at radius 1 is 1.09 bits per heavy atom. The first-order valence-electron chi connectivity index (χ1n) is 6.91. The maximum Gasteiger partial charge on any atom is 0.224 e. The van der Waals surface area contributed by atoms with Crippen LogP contribution >= 0.6 is 0 Å². The van der Waals surface area contributed by atoms with E-state index >= 15 is 0 Å². The van der Waals surface area contributed by atoms with Crippen molar-refractivity contribution in [3.8, 4) is 11.5 Å². The van der Waals surface area contributed by atoms with Crippen molar-refractivity contribution in [2.24, 2.45) is 5.11 Å². The van der Waals surface area contributed by atoms with Gasteiger partial charge < -0.3 is 10.1 Å². The Morgan fingerprint density at radius 2 is 1.77 bits per heavy atom. The fourth-order valence-electron chi connectivity index (χ4n) is 1.81. The second-order valence-corrected chi connectivity index (χ2v) is 4.55. The maximum absolute atomic E-state index is 11.7. The van der Waals surface area contributed by atoms with E-state index in [1.54, 1.807) is 24.3 Å². The lowest BCUT2D eigenvalue weighted by molar-refractivity contribution is -0.116. The number of hydrogen-bond acceptors (Lipinski definition) is 3. The van der Waals surface area contributed by atoms with Crippen LogP contribution in [0.15, 0.2) is 59.7 Å². The number of carbonyl (C=O) groups excluding carboxylic acids is 1. The topological polar surface area (TPSA) is 87.1 Å². The molecule has 22 heavy (non-hydrogen) atoms. The monoisotopic (exact) mass is 296 g/mol. The summed E-state index contributed by atoms with van der Waals surface area (Å²) in [7, 11) is 0. The summed E-state index contributed by atoms with van der Waals surface area (Å²) in [5.41, 5.74) is 8.85. The van der Waals surface area contributed by atoms with Crippen molar-refractivity contribution < 1.29 is 9.53 Å². The molecule has 0 unspecified atom stereocenters. The lowest BCUT2D eigenvalue weighted by Gasteiger charge is -2.08. The molecule has 2 aromatic carbocycles. The lowest BCUT2D eigenvalue weighted by atomic mass is 10.2. The predicted molar refractivity (Wildman–Crippen MR) is 84.8 cm³/mol. The van der Waals surface area contributed by atoms with Gasteiger partial charge in [-0.1, -0.05) is 23.3 Å². The van der Waals surface area contributed by atoms with Crippen LogP contribution in [0.25, 0.3) is 10.4 Å². The number of ether oxygens (including phenoxy) is 1. The van der Waals surface area contributed by atoms with Gasteiger partial charge in [-0.05, 0) is 48.4 Å². The fourth-order valence-corrected chi connectivity index (χ4v) is 1.81. The molecular weight excluding hydrogens is 280 g/mol. The number of anilines is 1. The van der Waals surface area contributed by atoms with Gasteiger partial charge in [0.1, 0.15) is 11.5 Å². The highest BCUT2D eigenvalue weighted by atomic mass is 16.5. The van der Waals surface area contributed by atoms with Crippen LogP contribution in [-0.2, 0) is 4.79 Å². The molecular formula is C16H16N4O2. The van der Waals surface area contributed by atoms with Crippen molar-refractivity contribution in [3.63, 3.8) is 0 Å². The molecule has 6 nitrogen and oxygen atoms in total. The number of rotatable bonds is 7. The summed E-state index contributed by atoms with van der Waals surface area (Å²) in [6, 6.07) is 16.6. The van der Waals surface area contributed by atoms with E-state index < -0.39 is 0 Å². The SMILES string of the molecule is [N-]=[N+]=NCCCC(=O)Nc1ccc(Oc2ccccc2)cc1. The third kappa shape index (κ3) is 5.19. The molecule has 0 radical (unpaired) electrons. The summed E-state index contributed by atoms with van der Waals surface area (Å²) < 4.78 is 5.67. The van der Waals surface area contributed by atoms with Crippen LogP contribution in [0.2, 0.25) is 0 Å². The van der Waals surface area contributed by atoms with E-state index in [1.807, 2.05) is 30.3 Å². The quantitative estimate of drug-likeness (QED) is 0.352. The zero-order chi connectivity index (χ0) is 15.6. The molecule has 0 saturated carbocycles. The molecule has 0 saturated heterocycles. The van der Waals surface area contributed by atoms with Crippen molar-refractivity contribution in [1.29, 1.82) is 0 Å². The predicted octanol–water partition coefficient (Wildman–Crippen LogP) is 4.51. The molecule has 0 spiro atoms. The van der Waals surface area contributed by atoms with E-state index in [2.05, 4.69) is 15.3 Å². The van der Waals surface area contributed by atoms with Crippen molar-refractivity contribution in [2.45, 2.75) is 12.8 Å². The van der Waals surface area contributed by atoms with Gasteiger partial charge in [0, 0.05) is 23.6 Å². The Morgan fingerprint density at radius 3 is 2.45 bits per heavy atom. The number of nitrogens with zero attached hydrogens (tertiary/aromatic N) is 3. The van der Waals surface area contributed by atoms with Gasteiger partial charge in [-0.3, -0.25) is 4.79 Å². The Hall–Kier alpha value is -2.98. The van der Waals surface area contributed by atoms with Crippen LogP contribution in [0.3, 0.4) is 0 Å². The number of para-hydroxylation sites is 1. The molecule has 0 aliphatic heterocycles. The van der Waals surface area contributed by atoms with Gasteiger partial charge in [-0.2, -0.15) is 0 Å². The van der Waals surface area contributed by atoms with Gasteiger partial charge >= 0.3 is 0 Å². The number of amides is 1. The molecule has 6 heteroatoms. The fraction of sp³-hybridized carbons (Fsp3) is 0.188. The average Bonchev–Trinajstić information content (AvgIpc) is 2.54. The molecule has 0 aliphatic carbocycles. The van der Waals surface area contributed by atoms with Gasteiger partial charge in [0.15, 0.2) is 0 Å². The Kier molecular flexibility index (Phi) is 5.84. The maximum atomic E-state index is 11.7. The van der Waals surface area contributed by atoms with E-state index in [9.17, 15) is 4.79 Å². The molecule has 0 atom stereocenters. The standard InChI is InChI=1S/C16H16N4O2/c17-20-18-12-4-7-16(21)19-13-8-10-15(11-9-13)22-14-5-2-1-3-6-14/h1-3,5-6,8-11H,4,7,12H2,(H,19,21). The number of azide groups is 1. The number of carbonyl (C=O) groups is 1. The molecule has 1 N–H and O–H groups in total. The van der Waals surface area contributed by atoms with Crippen LogP contribution in [0.4, 0.5) is 5.69 Å². The summed E-state index contributed by atoms with van der Waals surface area (Å²) in [5, 5.41) is 6.17. The molecule has 0 fully saturated rings. The Labute approximate surface area is 128 Å². The molecule has 1 amide bonds.